The van der Waals surface area contributed by atoms with E-state index >= 15 is 0 Å². The molecule has 1 aromatic carbocycles. The second-order valence-electron chi connectivity index (χ2n) is 3.87. The van der Waals surface area contributed by atoms with E-state index in [0.29, 0.717) is 0 Å². The zero-order valence-electron chi connectivity index (χ0n) is 11.0. The molecule has 0 nitrogen and oxygen atoms in total. The van der Waals surface area contributed by atoms with Gasteiger partial charge < -0.3 is 0 Å². The van der Waals surface area contributed by atoms with Gasteiger partial charge in [-0.25, -0.2) is 0 Å². The predicted octanol–water partition coefficient (Wildman–Crippen LogP) is 5.06. The SMILES string of the molecule is CCSCc1cc(CSC)cc(CSCC)c1. The van der Waals surface area contributed by atoms with Crippen molar-refractivity contribution in [1.29, 1.82) is 0 Å². The van der Waals surface area contributed by atoms with Gasteiger partial charge in [0, 0.05) is 17.3 Å². The van der Waals surface area contributed by atoms with Crippen molar-refractivity contribution in [3.8, 4) is 0 Å². The Morgan fingerprint density at radius 1 is 0.765 bits per heavy atom. The largest absolute Gasteiger partial charge is 0.161 e. The van der Waals surface area contributed by atoms with E-state index in [1.165, 1.54) is 28.2 Å². The highest BCUT2D eigenvalue weighted by molar-refractivity contribution is 7.98. The monoisotopic (exact) mass is 286 g/mol. The van der Waals surface area contributed by atoms with Crippen molar-refractivity contribution in [2.75, 3.05) is 17.8 Å². The Kier molecular flexibility index (Phi) is 8.33. The van der Waals surface area contributed by atoms with E-state index in [-0.39, 0.29) is 0 Å². The average molecular weight is 287 g/mol. The summed E-state index contributed by atoms with van der Waals surface area (Å²) in [4.78, 5) is 0. The van der Waals surface area contributed by atoms with Crippen LogP contribution in [0.2, 0.25) is 0 Å². The second kappa shape index (κ2) is 9.23. The van der Waals surface area contributed by atoms with Crippen LogP contribution in [0.25, 0.3) is 0 Å². The summed E-state index contributed by atoms with van der Waals surface area (Å²) in [6, 6.07) is 7.13. The molecule has 3 heteroatoms. The molecule has 0 amide bonds. The molecule has 0 bridgehead atoms. The Labute approximate surface area is 119 Å². The van der Waals surface area contributed by atoms with Crippen LogP contribution in [0.5, 0.6) is 0 Å². The average Bonchev–Trinajstić information content (AvgIpc) is 2.34. The van der Waals surface area contributed by atoms with Crippen LogP contribution in [0.15, 0.2) is 18.2 Å². The lowest BCUT2D eigenvalue weighted by atomic mass is 10.1. The van der Waals surface area contributed by atoms with Gasteiger partial charge in [0.15, 0.2) is 0 Å². The summed E-state index contributed by atoms with van der Waals surface area (Å²) in [5.41, 5.74) is 4.48. The highest BCUT2D eigenvalue weighted by Crippen LogP contribution is 2.21. The fourth-order valence-electron chi connectivity index (χ4n) is 1.70. The molecule has 0 saturated heterocycles. The third-order valence-corrected chi connectivity index (χ3v) is 4.88. The molecule has 0 fully saturated rings. The van der Waals surface area contributed by atoms with Gasteiger partial charge in [-0.05, 0) is 34.5 Å². The molecule has 0 aliphatic carbocycles. The highest BCUT2D eigenvalue weighted by Gasteiger charge is 2.01. The van der Waals surface area contributed by atoms with Crippen LogP contribution < -0.4 is 0 Å². The van der Waals surface area contributed by atoms with Crippen molar-refractivity contribution in [3.05, 3.63) is 34.9 Å². The van der Waals surface area contributed by atoms with E-state index in [1.807, 2.05) is 35.3 Å². The van der Waals surface area contributed by atoms with Crippen LogP contribution in [0.3, 0.4) is 0 Å². The molecule has 0 N–H and O–H groups in total. The zero-order valence-corrected chi connectivity index (χ0v) is 13.4. The molecule has 96 valence electrons. The third kappa shape index (κ3) is 6.12. The maximum absolute atomic E-state index is 2.38. The van der Waals surface area contributed by atoms with Gasteiger partial charge in [-0.2, -0.15) is 35.3 Å². The molecule has 0 aliphatic rings. The summed E-state index contributed by atoms with van der Waals surface area (Å²) < 4.78 is 0. The summed E-state index contributed by atoms with van der Waals surface area (Å²) in [7, 11) is 0. The van der Waals surface area contributed by atoms with Crippen LogP contribution in [0.4, 0.5) is 0 Å². The number of hydrogen-bond donors (Lipinski definition) is 0. The number of hydrogen-bond acceptors (Lipinski definition) is 3. The van der Waals surface area contributed by atoms with Crippen LogP contribution >= 0.6 is 35.3 Å². The van der Waals surface area contributed by atoms with Gasteiger partial charge in [-0.1, -0.05) is 32.0 Å². The van der Waals surface area contributed by atoms with Gasteiger partial charge in [-0.3, -0.25) is 0 Å². The summed E-state index contributed by atoms with van der Waals surface area (Å²) in [6.45, 7) is 4.45. The van der Waals surface area contributed by atoms with Crippen molar-refractivity contribution >= 4 is 35.3 Å². The maximum Gasteiger partial charge on any atom is 0.0184 e. The standard InChI is InChI=1S/C14H22S3/c1-4-16-10-13-6-12(9-15-3)7-14(8-13)11-17-5-2/h6-8H,4-5,9-11H2,1-3H3. The van der Waals surface area contributed by atoms with Crippen LogP contribution in [0.1, 0.15) is 30.5 Å². The molecule has 0 atom stereocenters. The molecule has 0 aromatic heterocycles. The third-order valence-electron chi connectivity index (χ3n) is 2.37. The van der Waals surface area contributed by atoms with E-state index in [0.717, 1.165) is 17.3 Å². The topological polar surface area (TPSA) is 0 Å². The number of thioether (sulfide) groups is 3. The van der Waals surface area contributed by atoms with Gasteiger partial charge in [0.05, 0.1) is 0 Å². The van der Waals surface area contributed by atoms with Crippen molar-refractivity contribution in [2.24, 2.45) is 0 Å². The Morgan fingerprint density at radius 2 is 1.18 bits per heavy atom. The minimum Gasteiger partial charge on any atom is -0.161 e. The van der Waals surface area contributed by atoms with Gasteiger partial charge in [-0.15, -0.1) is 0 Å². The fraction of sp³-hybridized carbons (Fsp3) is 0.571. The van der Waals surface area contributed by atoms with Crippen LogP contribution in [-0.2, 0) is 17.3 Å². The van der Waals surface area contributed by atoms with E-state index in [1.54, 1.807) is 0 Å². The number of benzene rings is 1. The van der Waals surface area contributed by atoms with Crippen LogP contribution in [0, 0.1) is 0 Å². The van der Waals surface area contributed by atoms with Gasteiger partial charge in [0.1, 0.15) is 0 Å². The summed E-state index contributed by atoms with van der Waals surface area (Å²) in [5.74, 6) is 5.84. The lowest BCUT2D eigenvalue weighted by molar-refractivity contribution is 1.26. The molecule has 0 unspecified atom stereocenters. The van der Waals surface area contributed by atoms with E-state index in [4.69, 9.17) is 0 Å². The van der Waals surface area contributed by atoms with E-state index < -0.39 is 0 Å². The van der Waals surface area contributed by atoms with Gasteiger partial charge >= 0.3 is 0 Å². The van der Waals surface area contributed by atoms with E-state index in [9.17, 15) is 0 Å². The molecule has 0 saturated carbocycles. The molecule has 17 heavy (non-hydrogen) atoms. The Balaban J connectivity index is 2.76. The van der Waals surface area contributed by atoms with Crippen molar-refractivity contribution in [3.63, 3.8) is 0 Å². The Bertz CT molecular complexity index is 297. The summed E-state index contributed by atoms with van der Waals surface area (Å²) >= 11 is 5.92. The number of rotatable bonds is 8. The summed E-state index contributed by atoms with van der Waals surface area (Å²) in [6.07, 6.45) is 2.17. The second-order valence-corrected chi connectivity index (χ2v) is 7.28. The smallest absolute Gasteiger partial charge is 0.0184 e. The van der Waals surface area contributed by atoms with Crippen LogP contribution in [-0.4, -0.2) is 17.8 Å². The van der Waals surface area contributed by atoms with Crippen molar-refractivity contribution < 1.29 is 0 Å². The Hall–Kier alpha value is 0.270. The predicted molar refractivity (Wildman–Crippen MR) is 87.3 cm³/mol. The molecule has 1 rings (SSSR count). The maximum atomic E-state index is 2.38. The first-order chi connectivity index (χ1) is 8.30. The molecular formula is C14H22S3. The first kappa shape index (κ1) is 15.3. The minimum absolute atomic E-state index is 1.13. The molecule has 1 aromatic rings. The summed E-state index contributed by atoms with van der Waals surface area (Å²) in [5, 5.41) is 0. The fourth-order valence-corrected chi connectivity index (χ4v) is 3.41. The Morgan fingerprint density at radius 3 is 1.53 bits per heavy atom. The quantitative estimate of drug-likeness (QED) is 0.656. The van der Waals surface area contributed by atoms with E-state index in [2.05, 4.69) is 38.3 Å². The lowest BCUT2D eigenvalue weighted by Crippen LogP contribution is -1.91. The first-order valence-corrected chi connectivity index (χ1v) is 9.76. The zero-order chi connectivity index (χ0) is 12.5. The normalized spacial score (nSPS) is 10.8. The minimum atomic E-state index is 1.13. The molecule has 0 aliphatic heterocycles. The molecular weight excluding hydrogens is 264 g/mol. The highest BCUT2D eigenvalue weighted by atomic mass is 32.2. The van der Waals surface area contributed by atoms with Gasteiger partial charge in [0.2, 0.25) is 0 Å². The van der Waals surface area contributed by atoms with Gasteiger partial charge in [0.25, 0.3) is 0 Å². The first-order valence-electron chi connectivity index (χ1n) is 6.06. The molecule has 0 radical (unpaired) electrons. The van der Waals surface area contributed by atoms with Crippen molar-refractivity contribution in [2.45, 2.75) is 31.1 Å². The molecule has 0 spiro atoms. The molecule has 0 heterocycles. The van der Waals surface area contributed by atoms with Crippen molar-refractivity contribution in [1.82, 2.24) is 0 Å². The lowest BCUT2D eigenvalue weighted by Gasteiger charge is -2.08.